The van der Waals surface area contributed by atoms with Gasteiger partial charge in [-0.1, -0.05) is 28.1 Å². The smallest absolute Gasteiger partial charge is 0.0953 e. The molecule has 2 heterocycles. The van der Waals surface area contributed by atoms with Crippen molar-refractivity contribution in [2.24, 2.45) is 0 Å². The van der Waals surface area contributed by atoms with Crippen molar-refractivity contribution in [2.45, 2.75) is 25.3 Å². The Balaban J connectivity index is 2.00. The van der Waals surface area contributed by atoms with E-state index in [0.29, 0.717) is 6.04 Å². The van der Waals surface area contributed by atoms with Gasteiger partial charge in [-0.15, -0.1) is 0 Å². The molecule has 0 fully saturated rings. The van der Waals surface area contributed by atoms with Crippen molar-refractivity contribution in [1.29, 1.82) is 0 Å². The molecule has 2 aromatic rings. The van der Waals surface area contributed by atoms with Crippen LogP contribution in [0, 0.1) is 0 Å². The minimum Gasteiger partial charge on any atom is -0.327 e. The van der Waals surface area contributed by atoms with Gasteiger partial charge in [-0.3, -0.25) is 0 Å². The Morgan fingerprint density at radius 3 is 2.88 bits per heavy atom. The van der Waals surface area contributed by atoms with Gasteiger partial charge in [0.1, 0.15) is 0 Å². The van der Waals surface area contributed by atoms with E-state index in [-0.39, 0.29) is 0 Å². The second-order valence-corrected chi connectivity index (χ2v) is 5.17. The molecular weight excluding hydrogens is 264 g/mol. The van der Waals surface area contributed by atoms with Gasteiger partial charge in [-0.05, 0) is 37.0 Å². The number of aryl methyl sites for hydroxylation is 1. The van der Waals surface area contributed by atoms with Crippen molar-refractivity contribution in [2.75, 3.05) is 0 Å². The summed E-state index contributed by atoms with van der Waals surface area (Å²) in [5.41, 5.74) is 2.74. The Labute approximate surface area is 103 Å². The summed E-state index contributed by atoms with van der Waals surface area (Å²) in [5, 5.41) is 0. The first-order chi connectivity index (χ1) is 7.84. The number of hydrogen-bond donors (Lipinski definition) is 0. The van der Waals surface area contributed by atoms with Crippen LogP contribution in [0.2, 0.25) is 0 Å². The monoisotopic (exact) mass is 276 g/mol. The van der Waals surface area contributed by atoms with Crippen LogP contribution >= 0.6 is 15.9 Å². The third-order valence-electron chi connectivity index (χ3n) is 3.25. The number of hydrogen-bond acceptors (Lipinski definition) is 1. The van der Waals surface area contributed by atoms with E-state index in [4.69, 9.17) is 0 Å². The highest BCUT2D eigenvalue weighted by molar-refractivity contribution is 9.10. The molecule has 3 heteroatoms. The number of imidazole rings is 1. The summed E-state index contributed by atoms with van der Waals surface area (Å²) in [5.74, 6) is 0. The average molecular weight is 277 g/mol. The van der Waals surface area contributed by atoms with Crippen LogP contribution in [0.1, 0.15) is 30.1 Å². The van der Waals surface area contributed by atoms with Crippen molar-refractivity contribution in [1.82, 2.24) is 9.55 Å². The second kappa shape index (κ2) is 4.06. The molecule has 0 saturated carbocycles. The zero-order chi connectivity index (χ0) is 11.0. The zero-order valence-corrected chi connectivity index (χ0v) is 10.5. The Morgan fingerprint density at radius 2 is 2.06 bits per heavy atom. The molecule has 0 aliphatic carbocycles. The predicted molar refractivity (Wildman–Crippen MR) is 67.4 cm³/mol. The van der Waals surface area contributed by atoms with E-state index in [9.17, 15) is 0 Å². The van der Waals surface area contributed by atoms with Crippen molar-refractivity contribution >= 4 is 15.9 Å². The maximum Gasteiger partial charge on any atom is 0.0953 e. The molecule has 0 saturated heterocycles. The van der Waals surface area contributed by atoms with Gasteiger partial charge in [0.05, 0.1) is 12.4 Å². The number of rotatable bonds is 1. The quantitative estimate of drug-likeness (QED) is 0.779. The molecule has 0 amide bonds. The predicted octanol–water partition coefficient (Wildman–Crippen LogP) is 3.57. The molecule has 1 aliphatic heterocycles. The van der Waals surface area contributed by atoms with Gasteiger partial charge in [-0.25, -0.2) is 4.98 Å². The third-order valence-corrected chi connectivity index (χ3v) is 3.78. The fourth-order valence-electron chi connectivity index (χ4n) is 2.43. The topological polar surface area (TPSA) is 17.8 Å². The lowest BCUT2D eigenvalue weighted by Gasteiger charge is -2.25. The second-order valence-electron chi connectivity index (χ2n) is 4.25. The summed E-state index contributed by atoms with van der Waals surface area (Å²) in [7, 11) is 0. The molecule has 1 atom stereocenters. The lowest BCUT2D eigenvalue weighted by atomic mass is 9.96. The Kier molecular flexibility index (Phi) is 2.56. The van der Waals surface area contributed by atoms with Crippen molar-refractivity contribution in [3.63, 3.8) is 0 Å². The Morgan fingerprint density at radius 1 is 1.25 bits per heavy atom. The van der Waals surface area contributed by atoms with Gasteiger partial charge in [0.15, 0.2) is 0 Å². The van der Waals surface area contributed by atoms with Gasteiger partial charge in [0, 0.05) is 16.4 Å². The first kappa shape index (κ1) is 10.1. The first-order valence-corrected chi connectivity index (χ1v) is 6.40. The molecule has 2 nitrogen and oxygen atoms in total. The molecule has 16 heavy (non-hydrogen) atoms. The molecule has 0 spiro atoms. The fourth-order valence-corrected chi connectivity index (χ4v) is 2.70. The molecular formula is C13H13BrN2. The number of halogens is 1. The summed E-state index contributed by atoms with van der Waals surface area (Å²) >= 11 is 3.47. The zero-order valence-electron chi connectivity index (χ0n) is 8.94. The van der Waals surface area contributed by atoms with Crippen LogP contribution in [-0.2, 0) is 6.42 Å². The van der Waals surface area contributed by atoms with Crippen LogP contribution in [0.5, 0.6) is 0 Å². The van der Waals surface area contributed by atoms with E-state index >= 15 is 0 Å². The van der Waals surface area contributed by atoms with E-state index in [0.717, 1.165) is 10.9 Å². The minimum atomic E-state index is 0.472. The molecule has 1 aromatic carbocycles. The molecule has 3 rings (SSSR count). The van der Waals surface area contributed by atoms with Gasteiger partial charge >= 0.3 is 0 Å². The molecule has 0 unspecified atom stereocenters. The first-order valence-electron chi connectivity index (χ1n) is 5.61. The summed E-state index contributed by atoms with van der Waals surface area (Å²) in [6.07, 6.45) is 7.58. The average Bonchev–Trinajstić information content (AvgIpc) is 2.78. The normalized spacial score (nSPS) is 19.4. The molecule has 0 N–H and O–H groups in total. The summed E-state index contributed by atoms with van der Waals surface area (Å²) < 4.78 is 3.45. The van der Waals surface area contributed by atoms with Crippen LogP contribution in [-0.4, -0.2) is 9.55 Å². The number of benzene rings is 1. The summed E-state index contributed by atoms with van der Waals surface area (Å²) in [4.78, 5) is 4.25. The molecule has 82 valence electrons. The third kappa shape index (κ3) is 1.69. The van der Waals surface area contributed by atoms with Crippen LogP contribution in [0.4, 0.5) is 0 Å². The maximum absolute atomic E-state index is 4.25. The number of aromatic nitrogens is 2. The Hall–Kier alpha value is -1.09. The highest BCUT2D eigenvalue weighted by Crippen LogP contribution is 2.30. The van der Waals surface area contributed by atoms with E-state index in [1.54, 1.807) is 0 Å². The summed E-state index contributed by atoms with van der Waals surface area (Å²) in [6.45, 7) is 0. The molecule has 0 bridgehead atoms. The van der Waals surface area contributed by atoms with E-state index in [1.807, 2.05) is 12.5 Å². The van der Waals surface area contributed by atoms with Crippen LogP contribution in [0.3, 0.4) is 0 Å². The fraction of sp³-hybridized carbons (Fsp3) is 0.308. The Bertz CT molecular complexity index is 487. The van der Waals surface area contributed by atoms with E-state index in [1.165, 1.54) is 24.1 Å². The van der Waals surface area contributed by atoms with Gasteiger partial charge in [0.2, 0.25) is 0 Å². The van der Waals surface area contributed by atoms with Gasteiger partial charge in [-0.2, -0.15) is 0 Å². The molecule has 1 aliphatic rings. The van der Waals surface area contributed by atoms with E-state index < -0.39 is 0 Å². The number of nitrogens with zero attached hydrogens (tertiary/aromatic N) is 2. The van der Waals surface area contributed by atoms with Crippen molar-refractivity contribution in [3.05, 3.63) is 52.5 Å². The largest absolute Gasteiger partial charge is 0.327 e. The van der Waals surface area contributed by atoms with Crippen molar-refractivity contribution in [3.8, 4) is 0 Å². The lowest BCUT2D eigenvalue weighted by molar-refractivity contribution is 0.458. The lowest BCUT2D eigenvalue weighted by Crippen LogP contribution is -2.17. The highest BCUT2D eigenvalue weighted by Gasteiger charge is 2.20. The standard InChI is InChI=1S/C13H13BrN2/c14-11-6-4-10(5-7-11)13-3-1-2-12-8-15-9-16(12)13/h4-9,13H,1-3H2/t13-/m0/s1. The molecule has 0 radical (unpaired) electrons. The van der Waals surface area contributed by atoms with Gasteiger partial charge in [0.25, 0.3) is 0 Å². The van der Waals surface area contributed by atoms with E-state index in [2.05, 4.69) is 49.7 Å². The number of fused-ring (bicyclic) bond motifs is 1. The van der Waals surface area contributed by atoms with Crippen LogP contribution < -0.4 is 0 Å². The minimum absolute atomic E-state index is 0.472. The van der Waals surface area contributed by atoms with Gasteiger partial charge < -0.3 is 4.57 Å². The molecule has 1 aromatic heterocycles. The van der Waals surface area contributed by atoms with Crippen LogP contribution in [0.25, 0.3) is 0 Å². The highest BCUT2D eigenvalue weighted by atomic mass is 79.9. The summed E-state index contributed by atoms with van der Waals surface area (Å²) in [6, 6.07) is 9.09. The SMILES string of the molecule is Brc1ccc([C@@H]2CCCc3cncn32)cc1. The van der Waals surface area contributed by atoms with Crippen LogP contribution in [0.15, 0.2) is 41.3 Å². The van der Waals surface area contributed by atoms with Crippen molar-refractivity contribution < 1.29 is 0 Å². The maximum atomic E-state index is 4.25.